The number of halogens is 1. The molecule has 2 N–H and O–H groups in total. The highest BCUT2D eigenvalue weighted by Crippen LogP contribution is 2.09. The first-order valence-electron chi connectivity index (χ1n) is 7.72. The highest BCUT2D eigenvalue weighted by Gasteiger charge is 2.11. The molecule has 0 bridgehead atoms. The molecule has 0 saturated carbocycles. The van der Waals surface area contributed by atoms with E-state index in [0.29, 0.717) is 18.0 Å². The monoisotopic (exact) mass is 366 g/mol. The van der Waals surface area contributed by atoms with Crippen molar-refractivity contribution in [1.29, 1.82) is 0 Å². The summed E-state index contributed by atoms with van der Waals surface area (Å²) in [6, 6.07) is 6.60. The molecule has 2 rings (SSSR count). The molecule has 1 aromatic heterocycles. The van der Waals surface area contributed by atoms with Crippen molar-refractivity contribution in [3.8, 4) is 5.75 Å². The van der Waals surface area contributed by atoms with Crippen LogP contribution in [0.4, 0.5) is 10.1 Å². The van der Waals surface area contributed by atoms with E-state index in [1.165, 1.54) is 36.5 Å². The number of H-pyrrole nitrogens is 1. The molecule has 25 heavy (non-hydrogen) atoms. The predicted octanol–water partition coefficient (Wildman–Crippen LogP) is 2.19. The van der Waals surface area contributed by atoms with Gasteiger partial charge in [-0.1, -0.05) is 6.92 Å². The number of anilines is 1. The van der Waals surface area contributed by atoms with Crippen LogP contribution in [-0.4, -0.2) is 27.5 Å². The highest BCUT2D eigenvalue weighted by atomic mass is 32.2. The van der Waals surface area contributed by atoms with E-state index in [2.05, 4.69) is 10.3 Å². The Bertz CT molecular complexity index is 805. The Morgan fingerprint density at radius 3 is 2.68 bits per heavy atom. The summed E-state index contributed by atoms with van der Waals surface area (Å²) in [6.07, 6.45) is 2.22. The Kier molecular flexibility index (Phi) is 6.88. The zero-order valence-electron chi connectivity index (χ0n) is 13.7. The summed E-state index contributed by atoms with van der Waals surface area (Å²) in [5.41, 5.74) is 0.589. The Morgan fingerprint density at radius 1 is 1.32 bits per heavy atom. The molecular weight excluding hydrogens is 347 g/mol. The van der Waals surface area contributed by atoms with Crippen molar-refractivity contribution in [2.24, 2.45) is 0 Å². The molecule has 0 saturated heterocycles. The number of hydrogen-bond donors (Lipinski definition) is 2. The fourth-order valence-electron chi connectivity index (χ4n) is 2.01. The molecule has 1 amide bonds. The van der Waals surface area contributed by atoms with E-state index < -0.39 is 22.5 Å². The third kappa shape index (κ3) is 6.15. The fourth-order valence-corrected chi connectivity index (χ4v) is 2.99. The summed E-state index contributed by atoms with van der Waals surface area (Å²) in [4.78, 5) is 26.6. The topological polar surface area (TPSA) is 88.3 Å². The van der Waals surface area contributed by atoms with Gasteiger partial charge in [0, 0.05) is 34.4 Å². The smallest absolute Gasteiger partial charge is 0.237 e. The third-order valence-electron chi connectivity index (χ3n) is 3.14. The van der Waals surface area contributed by atoms with Gasteiger partial charge in [-0.2, -0.15) is 0 Å². The predicted molar refractivity (Wildman–Crippen MR) is 94.6 cm³/mol. The maximum Gasteiger partial charge on any atom is 0.237 e. The van der Waals surface area contributed by atoms with Gasteiger partial charge in [-0.05, 0) is 30.7 Å². The number of carbonyl (C=O) groups excluding carboxylic acids is 1. The molecule has 0 radical (unpaired) electrons. The lowest BCUT2D eigenvalue weighted by Gasteiger charge is -2.07. The number of rotatable bonds is 8. The molecular formula is C17H19FN2O4S. The number of amides is 1. The van der Waals surface area contributed by atoms with Crippen molar-refractivity contribution in [1.82, 2.24) is 4.98 Å². The van der Waals surface area contributed by atoms with Gasteiger partial charge in [0.25, 0.3) is 0 Å². The van der Waals surface area contributed by atoms with Crippen molar-refractivity contribution < 1.29 is 18.1 Å². The van der Waals surface area contributed by atoms with E-state index >= 15 is 0 Å². The van der Waals surface area contributed by atoms with E-state index in [9.17, 15) is 18.2 Å². The highest BCUT2D eigenvalue weighted by molar-refractivity contribution is 7.84. The number of aromatic amines is 1. The number of benzene rings is 1. The van der Waals surface area contributed by atoms with Gasteiger partial charge in [-0.15, -0.1) is 0 Å². The summed E-state index contributed by atoms with van der Waals surface area (Å²) in [6.45, 7) is 2.38. The molecule has 1 unspecified atom stereocenters. The van der Waals surface area contributed by atoms with Crippen molar-refractivity contribution in [2.75, 3.05) is 17.7 Å². The van der Waals surface area contributed by atoms with Gasteiger partial charge in [-0.25, -0.2) is 4.39 Å². The lowest BCUT2D eigenvalue weighted by molar-refractivity contribution is -0.113. The van der Waals surface area contributed by atoms with Crippen molar-refractivity contribution in [3.63, 3.8) is 0 Å². The fraction of sp³-hybridized carbons (Fsp3) is 0.294. The molecule has 0 fully saturated rings. The third-order valence-corrected chi connectivity index (χ3v) is 4.35. The lowest BCUT2D eigenvalue weighted by atomic mass is 10.3. The molecule has 0 aliphatic rings. The minimum absolute atomic E-state index is 0.0418. The van der Waals surface area contributed by atoms with Crippen molar-refractivity contribution in [2.45, 2.75) is 19.1 Å². The van der Waals surface area contributed by atoms with E-state index in [1.54, 1.807) is 0 Å². The van der Waals surface area contributed by atoms with Gasteiger partial charge in [0.1, 0.15) is 11.6 Å². The second-order valence-corrected chi connectivity index (χ2v) is 6.78. The van der Waals surface area contributed by atoms with Crippen LogP contribution in [0.2, 0.25) is 0 Å². The molecule has 134 valence electrons. The number of nitrogens with one attached hydrogen (secondary N) is 2. The maximum absolute atomic E-state index is 12.8. The lowest BCUT2D eigenvalue weighted by Crippen LogP contribution is -2.21. The average Bonchev–Trinajstić information content (AvgIpc) is 2.56. The Hall–Kier alpha value is -2.48. The van der Waals surface area contributed by atoms with E-state index in [4.69, 9.17) is 4.74 Å². The van der Waals surface area contributed by atoms with Gasteiger partial charge in [0.15, 0.2) is 5.75 Å². The van der Waals surface area contributed by atoms with Gasteiger partial charge < -0.3 is 15.0 Å². The van der Waals surface area contributed by atoms with Crippen LogP contribution in [-0.2, 0) is 21.3 Å². The largest absolute Gasteiger partial charge is 0.488 e. The first-order valence-corrected chi connectivity index (χ1v) is 9.21. The summed E-state index contributed by atoms with van der Waals surface area (Å²) < 4.78 is 30.2. The Morgan fingerprint density at radius 2 is 2.04 bits per heavy atom. The summed E-state index contributed by atoms with van der Waals surface area (Å²) in [5.74, 6) is -0.828. The number of carbonyl (C=O) groups is 1. The van der Waals surface area contributed by atoms with Gasteiger partial charge in [0.05, 0.1) is 12.4 Å². The molecule has 2 aromatic rings. The van der Waals surface area contributed by atoms with Crippen LogP contribution >= 0.6 is 0 Å². The summed E-state index contributed by atoms with van der Waals surface area (Å²) in [5, 5.41) is 2.54. The van der Waals surface area contributed by atoms with E-state index in [-0.39, 0.29) is 22.7 Å². The van der Waals surface area contributed by atoms with Gasteiger partial charge >= 0.3 is 0 Å². The number of ether oxygens (including phenoxy) is 1. The molecule has 0 aliphatic carbocycles. The molecule has 0 aliphatic heterocycles. The minimum Gasteiger partial charge on any atom is -0.488 e. The quantitative estimate of drug-likeness (QED) is 0.750. The van der Waals surface area contributed by atoms with Gasteiger partial charge in [0.2, 0.25) is 11.3 Å². The zero-order valence-corrected chi connectivity index (χ0v) is 14.5. The van der Waals surface area contributed by atoms with Crippen LogP contribution in [0.1, 0.15) is 19.0 Å². The Balaban J connectivity index is 1.89. The van der Waals surface area contributed by atoms with Crippen LogP contribution in [0.25, 0.3) is 0 Å². The molecule has 1 aromatic carbocycles. The first-order chi connectivity index (χ1) is 12.0. The maximum atomic E-state index is 12.8. The number of aromatic nitrogens is 1. The second kappa shape index (κ2) is 9.12. The van der Waals surface area contributed by atoms with E-state index in [0.717, 1.165) is 6.42 Å². The normalized spacial score (nSPS) is 11.8. The summed E-state index contributed by atoms with van der Waals surface area (Å²) >= 11 is 0. The standard InChI is InChI=1S/C17H19FN2O4S/c1-2-7-24-16-9-19-14(8-15(16)21)10-25(23)11-17(22)20-13-5-3-12(18)4-6-13/h3-6,8-9H,2,7,10-11H2,1H3,(H,19,21)(H,20,22). The molecule has 1 atom stereocenters. The molecule has 1 heterocycles. The first kappa shape index (κ1) is 18.9. The Labute approximate surface area is 146 Å². The second-order valence-electron chi connectivity index (χ2n) is 5.32. The minimum atomic E-state index is -1.50. The zero-order chi connectivity index (χ0) is 18.2. The van der Waals surface area contributed by atoms with Crippen LogP contribution in [0, 0.1) is 5.82 Å². The molecule has 6 nitrogen and oxygen atoms in total. The summed E-state index contributed by atoms with van der Waals surface area (Å²) in [7, 11) is -1.50. The molecule has 0 spiro atoms. The number of hydrogen-bond acceptors (Lipinski definition) is 4. The van der Waals surface area contributed by atoms with Crippen LogP contribution in [0.15, 0.2) is 41.3 Å². The van der Waals surface area contributed by atoms with Crippen molar-refractivity contribution >= 4 is 22.4 Å². The van der Waals surface area contributed by atoms with Crippen LogP contribution < -0.4 is 15.5 Å². The SMILES string of the molecule is CCCOc1c[nH]c(CS(=O)CC(=O)Nc2ccc(F)cc2)cc1=O. The van der Waals surface area contributed by atoms with Crippen molar-refractivity contribution in [3.05, 3.63) is 58.3 Å². The molecule has 8 heteroatoms. The number of pyridine rings is 1. The van der Waals surface area contributed by atoms with Crippen LogP contribution in [0.3, 0.4) is 0 Å². The van der Waals surface area contributed by atoms with Crippen LogP contribution in [0.5, 0.6) is 5.75 Å². The van der Waals surface area contributed by atoms with Gasteiger partial charge in [-0.3, -0.25) is 13.8 Å². The average molecular weight is 366 g/mol. The van der Waals surface area contributed by atoms with E-state index in [1.807, 2.05) is 6.92 Å².